The van der Waals surface area contributed by atoms with E-state index in [0.29, 0.717) is 23.5 Å². The highest BCUT2D eigenvalue weighted by Crippen LogP contribution is 2.60. The van der Waals surface area contributed by atoms with Crippen molar-refractivity contribution in [2.75, 3.05) is 29.0 Å². The number of amides is 2. The summed E-state index contributed by atoms with van der Waals surface area (Å²) in [5.74, 6) is 1.70. The Hall–Kier alpha value is -2.87. The zero-order valence-electron chi connectivity index (χ0n) is 21.7. The molecule has 0 saturated heterocycles. The van der Waals surface area contributed by atoms with Crippen LogP contribution < -0.4 is 14.9 Å². The molecule has 2 amide bonds. The number of nitrogens with zero attached hydrogens (tertiary/aromatic N) is 1. The molecule has 0 aliphatic heterocycles. The Kier molecular flexibility index (Phi) is 7.05. The zero-order chi connectivity index (χ0) is 26.2. The largest absolute Gasteiger partial charge is 0.352 e. The van der Waals surface area contributed by atoms with E-state index >= 15 is 0 Å². The first kappa shape index (κ1) is 25.8. The summed E-state index contributed by atoms with van der Waals surface area (Å²) in [6.07, 6.45) is 9.74. The molecule has 2 aromatic carbocycles. The molecule has 8 heteroatoms. The molecular weight excluding hydrogens is 486 g/mol. The SMILES string of the molecule is CCCNC(=O)c1ccccc1NC(=O)CN(c1ccc(C23CC4CC(CC(C4)C2)C3)cc1)S(C)(=O)=O. The number of hydrogen-bond donors (Lipinski definition) is 2. The fourth-order valence-corrected chi connectivity index (χ4v) is 8.15. The minimum absolute atomic E-state index is 0.225. The van der Waals surface area contributed by atoms with Crippen molar-refractivity contribution >= 4 is 33.2 Å². The van der Waals surface area contributed by atoms with E-state index in [2.05, 4.69) is 22.8 Å². The molecule has 4 saturated carbocycles. The molecule has 0 spiro atoms. The molecule has 198 valence electrons. The summed E-state index contributed by atoms with van der Waals surface area (Å²) in [4.78, 5) is 25.5. The van der Waals surface area contributed by atoms with E-state index in [1.54, 1.807) is 24.3 Å². The van der Waals surface area contributed by atoms with E-state index < -0.39 is 15.9 Å². The Balaban J connectivity index is 1.32. The quantitative estimate of drug-likeness (QED) is 0.498. The maximum Gasteiger partial charge on any atom is 0.253 e. The number of rotatable bonds is 9. The van der Waals surface area contributed by atoms with E-state index in [1.807, 2.05) is 19.1 Å². The van der Waals surface area contributed by atoms with Gasteiger partial charge in [-0.1, -0.05) is 31.2 Å². The number of nitrogens with one attached hydrogen (secondary N) is 2. The number of para-hydroxylation sites is 1. The van der Waals surface area contributed by atoms with Crippen LogP contribution in [0, 0.1) is 17.8 Å². The predicted octanol–water partition coefficient (Wildman–Crippen LogP) is 4.70. The van der Waals surface area contributed by atoms with E-state index in [4.69, 9.17) is 0 Å². The second-order valence-electron chi connectivity index (χ2n) is 11.4. The molecule has 0 radical (unpaired) electrons. The maximum atomic E-state index is 13.0. The third-order valence-electron chi connectivity index (χ3n) is 8.47. The van der Waals surface area contributed by atoms with Crippen LogP contribution in [0.25, 0.3) is 0 Å². The highest BCUT2D eigenvalue weighted by Gasteiger charge is 2.51. The summed E-state index contributed by atoms with van der Waals surface area (Å²) >= 11 is 0. The van der Waals surface area contributed by atoms with Crippen molar-refractivity contribution in [3.05, 3.63) is 59.7 Å². The number of carbonyl (C=O) groups is 2. The molecule has 7 nitrogen and oxygen atoms in total. The van der Waals surface area contributed by atoms with Crippen LogP contribution in [0.2, 0.25) is 0 Å². The van der Waals surface area contributed by atoms with E-state index in [0.717, 1.165) is 34.7 Å². The van der Waals surface area contributed by atoms with Crippen LogP contribution in [0.3, 0.4) is 0 Å². The standard InChI is InChI=1S/C29H37N3O4S/c1-3-12-30-28(34)25-6-4-5-7-26(25)31-27(33)19-32(37(2,35)36)24-10-8-23(9-11-24)29-16-20-13-21(17-29)15-22(14-20)18-29/h4-11,20-22H,3,12-19H2,1-2H3,(H,30,34)(H,31,33). The summed E-state index contributed by atoms with van der Waals surface area (Å²) < 4.78 is 26.5. The number of benzene rings is 2. The molecule has 2 aromatic rings. The average Bonchev–Trinajstić information content (AvgIpc) is 2.85. The van der Waals surface area contributed by atoms with Gasteiger partial charge in [-0.3, -0.25) is 13.9 Å². The molecule has 0 unspecified atom stereocenters. The lowest BCUT2D eigenvalue weighted by Gasteiger charge is -2.57. The van der Waals surface area contributed by atoms with Crippen molar-refractivity contribution in [3.8, 4) is 0 Å². The van der Waals surface area contributed by atoms with Gasteiger partial charge in [-0.2, -0.15) is 0 Å². The first-order chi connectivity index (χ1) is 17.7. The second kappa shape index (κ2) is 10.1. The summed E-state index contributed by atoms with van der Waals surface area (Å²) in [6, 6.07) is 14.6. The summed E-state index contributed by atoms with van der Waals surface area (Å²) in [6.45, 7) is 2.12. The van der Waals surface area contributed by atoms with Crippen LogP contribution in [-0.4, -0.2) is 39.6 Å². The Labute approximate surface area is 220 Å². The van der Waals surface area contributed by atoms with Gasteiger partial charge in [-0.15, -0.1) is 0 Å². The van der Waals surface area contributed by atoms with Gasteiger partial charge in [-0.05, 0) is 97.9 Å². The van der Waals surface area contributed by atoms with Crippen molar-refractivity contribution in [2.24, 2.45) is 17.8 Å². The van der Waals surface area contributed by atoms with E-state index in [9.17, 15) is 18.0 Å². The summed E-state index contributed by atoms with van der Waals surface area (Å²) in [5, 5.41) is 5.54. The first-order valence-corrected chi connectivity index (χ1v) is 15.3. The molecule has 2 N–H and O–H groups in total. The van der Waals surface area contributed by atoms with Crippen LogP contribution >= 0.6 is 0 Å². The number of carbonyl (C=O) groups excluding carboxylic acids is 2. The van der Waals surface area contributed by atoms with Gasteiger partial charge in [-0.25, -0.2) is 8.42 Å². The van der Waals surface area contributed by atoms with Crippen LogP contribution in [0.1, 0.15) is 67.8 Å². The molecule has 0 atom stereocenters. The molecule has 0 aromatic heterocycles. The fraction of sp³-hybridized carbons (Fsp3) is 0.517. The second-order valence-corrected chi connectivity index (χ2v) is 13.3. The molecule has 4 aliphatic carbocycles. The van der Waals surface area contributed by atoms with Gasteiger partial charge in [0.25, 0.3) is 5.91 Å². The summed E-state index contributed by atoms with van der Waals surface area (Å²) in [7, 11) is -3.71. The molecule has 0 heterocycles. The van der Waals surface area contributed by atoms with Gasteiger partial charge in [0.05, 0.1) is 23.2 Å². The lowest BCUT2D eigenvalue weighted by molar-refractivity contribution is -0.114. The van der Waals surface area contributed by atoms with Crippen molar-refractivity contribution in [1.29, 1.82) is 0 Å². The highest BCUT2D eigenvalue weighted by atomic mass is 32.2. The minimum atomic E-state index is -3.71. The predicted molar refractivity (Wildman–Crippen MR) is 146 cm³/mol. The van der Waals surface area contributed by atoms with Crippen LogP contribution in [-0.2, 0) is 20.2 Å². The number of anilines is 2. The van der Waals surface area contributed by atoms with Crippen LogP contribution in [0.5, 0.6) is 0 Å². The molecule has 4 bridgehead atoms. The topological polar surface area (TPSA) is 95.6 Å². The Morgan fingerprint density at radius 2 is 1.54 bits per heavy atom. The van der Waals surface area contributed by atoms with Crippen molar-refractivity contribution in [2.45, 2.75) is 57.3 Å². The zero-order valence-corrected chi connectivity index (χ0v) is 22.5. The van der Waals surface area contributed by atoms with Crippen molar-refractivity contribution in [1.82, 2.24) is 5.32 Å². The number of sulfonamides is 1. The Bertz CT molecular complexity index is 1240. The average molecular weight is 524 g/mol. The first-order valence-electron chi connectivity index (χ1n) is 13.4. The van der Waals surface area contributed by atoms with Gasteiger partial charge in [0.1, 0.15) is 6.54 Å². The maximum absolute atomic E-state index is 13.0. The lowest BCUT2D eigenvalue weighted by Crippen LogP contribution is -2.48. The van der Waals surface area contributed by atoms with Gasteiger partial charge in [0.2, 0.25) is 15.9 Å². The normalized spacial score (nSPS) is 26.1. The van der Waals surface area contributed by atoms with E-state index in [-0.39, 0.29) is 17.9 Å². The highest BCUT2D eigenvalue weighted by molar-refractivity contribution is 7.92. The van der Waals surface area contributed by atoms with Gasteiger partial charge < -0.3 is 10.6 Å². The third-order valence-corrected chi connectivity index (χ3v) is 9.62. The van der Waals surface area contributed by atoms with E-state index in [1.165, 1.54) is 44.1 Å². The smallest absolute Gasteiger partial charge is 0.253 e. The molecule has 37 heavy (non-hydrogen) atoms. The van der Waals surface area contributed by atoms with Gasteiger partial charge >= 0.3 is 0 Å². The van der Waals surface area contributed by atoms with Crippen molar-refractivity contribution < 1.29 is 18.0 Å². The van der Waals surface area contributed by atoms with Gasteiger partial charge in [0.15, 0.2) is 0 Å². The number of hydrogen-bond acceptors (Lipinski definition) is 4. The van der Waals surface area contributed by atoms with Crippen LogP contribution in [0.15, 0.2) is 48.5 Å². The Morgan fingerprint density at radius 3 is 2.11 bits per heavy atom. The molecule has 4 aliphatic rings. The summed E-state index contributed by atoms with van der Waals surface area (Å²) in [5.41, 5.74) is 2.70. The molecular formula is C29H37N3O4S. The lowest BCUT2D eigenvalue weighted by atomic mass is 9.48. The minimum Gasteiger partial charge on any atom is -0.352 e. The molecule has 6 rings (SSSR count). The molecule has 4 fully saturated rings. The van der Waals surface area contributed by atoms with Gasteiger partial charge in [0, 0.05) is 6.54 Å². The third kappa shape index (κ3) is 5.40. The Morgan fingerprint density at radius 1 is 0.946 bits per heavy atom. The van der Waals surface area contributed by atoms with Crippen LogP contribution in [0.4, 0.5) is 11.4 Å². The monoisotopic (exact) mass is 523 g/mol. The fourth-order valence-electron chi connectivity index (χ4n) is 7.29. The van der Waals surface area contributed by atoms with Crippen molar-refractivity contribution in [3.63, 3.8) is 0 Å².